The van der Waals surface area contributed by atoms with Crippen LogP contribution in [-0.4, -0.2) is 49.4 Å². The molecular weight excluding hydrogens is 376 g/mol. The topological polar surface area (TPSA) is 102 Å². The molecule has 1 aromatic carbocycles. The summed E-state index contributed by atoms with van der Waals surface area (Å²) in [4.78, 5) is 28.0. The monoisotopic (exact) mass is 396 g/mol. The zero-order chi connectivity index (χ0) is 18.6. The predicted molar refractivity (Wildman–Crippen MR) is 98.7 cm³/mol. The Kier molecular flexibility index (Phi) is 5.87. The van der Waals surface area contributed by atoms with Crippen LogP contribution < -0.4 is 5.32 Å². The lowest BCUT2D eigenvalue weighted by molar-refractivity contribution is -0.148. The van der Waals surface area contributed by atoms with E-state index in [-0.39, 0.29) is 30.6 Å². The highest BCUT2D eigenvalue weighted by atomic mass is 32.2. The molecule has 0 radical (unpaired) electrons. The summed E-state index contributed by atoms with van der Waals surface area (Å²) in [5, 5.41) is 3.55. The Bertz CT molecular complexity index is 874. The number of aryl methyl sites for hydroxylation is 1. The van der Waals surface area contributed by atoms with Crippen LogP contribution in [0.3, 0.4) is 0 Å². The number of sulfone groups is 1. The molecule has 1 atom stereocenters. The van der Waals surface area contributed by atoms with E-state index in [2.05, 4.69) is 10.3 Å². The van der Waals surface area contributed by atoms with Gasteiger partial charge in [-0.2, -0.15) is 0 Å². The van der Waals surface area contributed by atoms with E-state index in [1.54, 1.807) is 11.3 Å². The zero-order valence-corrected chi connectivity index (χ0v) is 15.8. The summed E-state index contributed by atoms with van der Waals surface area (Å²) in [5.74, 6) is -0.870. The molecule has 0 unspecified atom stereocenters. The zero-order valence-electron chi connectivity index (χ0n) is 14.1. The summed E-state index contributed by atoms with van der Waals surface area (Å²) in [6, 6.07) is 7.49. The van der Waals surface area contributed by atoms with Crippen molar-refractivity contribution in [2.45, 2.75) is 31.7 Å². The Morgan fingerprint density at radius 1 is 1.31 bits per heavy atom. The van der Waals surface area contributed by atoms with Gasteiger partial charge in [-0.25, -0.2) is 13.4 Å². The number of carbonyl (C=O) groups excluding carboxylic acids is 2. The average Bonchev–Trinajstić information content (AvgIpc) is 3.15. The third kappa shape index (κ3) is 5.25. The lowest BCUT2D eigenvalue weighted by atomic mass is 10.2. The van der Waals surface area contributed by atoms with Crippen LogP contribution in [0.1, 0.15) is 24.3 Å². The molecule has 1 amide bonds. The number of esters is 1. The molecule has 1 aliphatic heterocycles. The van der Waals surface area contributed by atoms with Gasteiger partial charge in [0.1, 0.15) is 0 Å². The maximum absolute atomic E-state index is 11.7. The molecule has 1 aliphatic rings. The molecule has 0 aliphatic carbocycles. The molecular formula is C17H20N2O5S2. The van der Waals surface area contributed by atoms with Crippen molar-refractivity contribution >= 4 is 43.3 Å². The molecule has 2 heterocycles. The number of aromatic nitrogens is 1. The summed E-state index contributed by atoms with van der Waals surface area (Å²) in [5.41, 5.74) is 0.959. The van der Waals surface area contributed by atoms with E-state index >= 15 is 0 Å². The van der Waals surface area contributed by atoms with E-state index in [1.807, 2.05) is 24.3 Å². The fourth-order valence-electron chi connectivity index (χ4n) is 2.81. The predicted octanol–water partition coefficient (Wildman–Crippen LogP) is 1.47. The fraction of sp³-hybridized carbons (Fsp3) is 0.471. The van der Waals surface area contributed by atoms with E-state index in [0.29, 0.717) is 19.3 Å². The molecule has 1 fully saturated rings. The van der Waals surface area contributed by atoms with Gasteiger partial charge < -0.3 is 10.1 Å². The molecule has 1 saturated heterocycles. The van der Waals surface area contributed by atoms with Gasteiger partial charge in [-0.1, -0.05) is 12.1 Å². The molecule has 0 spiro atoms. The number of amides is 1. The van der Waals surface area contributed by atoms with Crippen LogP contribution in [0.4, 0.5) is 0 Å². The van der Waals surface area contributed by atoms with Crippen molar-refractivity contribution in [2.75, 3.05) is 18.1 Å². The Morgan fingerprint density at radius 3 is 2.85 bits per heavy atom. The Hall–Kier alpha value is -2.00. The molecule has 0 bridgehead atoms. The van der Waals surface area contributed by atoms with Gasteiger partial charge in [0.05, 0.1) is 26.7 Å². The average molecular weight is 396 g/mol. The number of rotatable bonds is 7. The molecule has 0 saturated carbocycles. The standard InChI is InChI=1S/C17H20N2O5S2/c20-15(18-12-8-9-26(22,23)11-12)10-24-17(21)7-3-6-16-19-13-4-1-2-5-14(13)25-16/h1-2,4-5,12H,3,6-11H2,(H,18,20)/t12-/m0/s1. The van der Waals surface area contributed by atoms with Crippen molar-refractivity contribution in [3.63, 3.8) is 0 Å². The summed E-state index contributed by atoms with van der Waals surface area (Å²) in [6.45, 7) is -0.378. The molecule has 2 aromatic rings. The minimum atomic E-state index is -3.05. The van der Waals surface area contributed by atoms with Crippen LogP contribution in [0.25, 0.3) is 10.2 Å². The van der Waals surface area contributed by atoms with Crippen LogP contribution >= 0.6 is 11.3 Å². The van der Waals surface area contributed by atoms with Crippen LogP contribution in [0.2, 0.25) is 0 Å². The minimum Gasteiger partial charge on any atom is -0.456 e. The number of ether oxygens (including phenoxy) is 1. The second-order valence-corrected chi connectivity index (χ2v) is 9.60. The smallest absolute Gasteiger partial charge is 0.306 e. The van der Waals surface area contributed by atoms with Crippen molar-refractivity contribution in [1.29, 1.82) is 0 Å². The molecule has 26 heavy (non-hydrogen) atoms. The summed E-state index contributed by atoms with van der Waals surface area (Å²) in [6.07, 6.45) is 1.90. The first-order valence-corrected chi connectivity index (χ1v) is 11.0. The molecule has 140 valence electrons. The summed E-state index contributed by atoms with van der Waals surface area (Å²) >= 11 is 1.61. The Balaban J connectivity index is 1.34. The SMILES string of the molecule is O=C(COC(=O)CCCc1nc2ccccc2s1)N[C@H]1CCS(=O)(=O)C1. The van der Waals surface area contributed by atoms with Crippen molar-refractivity contribution in [3.8, 4) is 0 Å². The van der Waals surface area contributed by atoms with Gasteiger partial charge in [0.15, 0.2) is 16.4 Å². The number of nitrogens with one attached hydrogen (secondary N) is 1. The molecule has 9 heteroatoms. The van der Waals surface area contributed by atoms with Crippen LogP contribution in [0.5, 0.6) is 0 Å². The number of hydrogen-bond acceptors (Lipinski definition) is 7. The fourth-order valence-corrected chi connectivity index (χ4v) is 5.49. The van der Waals surface area contributed by atoms with Crippen LogP contribution in [0.15, 0.2) is 24.3 Å². The van der Waals surface area contributed by atoms with Gasteiger partial charge >= 0.3 is 5.97 Å². The summed E-state index contributed by atoms with van der Waals surface area (Å²) < 4.78 is 28.7. The van der Waals surface area contributed by atoms with Crippen molar-refractivity contribution in [2.24, 2.45) is 0 Å². The molecule has 1 N–H and O–H groups in total. The number of para-hydroxylation sites is 1. The van der Waals surface area contributed by atoms with E-state index < -0.39 is 21.7 Å². The largest absolute Gasteiger partial charge is 0.456 e. The van der Waals surface area contributed by atoms with Gasteiger partial charge in [-0.15, -0.1) is 11.3 Å². The number of nitrogens with zero attached hydrogens (tertiary/aromatic N) is 1. The number of fused-ring (bicyclic) bond motifs is 1. The number of thiazole rings is 1. The maximum atomic E-state index is 11.7. The number of carbonyl (C=O) groups is 2. The van der Waals surface area contributed by atoms with Gasteiger partial charge in [0.25, 0.3) is 5.91 Å². The first-order chi connectivity index (χ1) is 12.4. The normalized spacial score (nSPS) is 18.7. The van der Waals surface area contributed by atoms with E-state index in [0.717, 1.165) is 15.2 Å². The van der Waals surface area contributed by atoms with Gasteiger partial charge in [0.2, 0.25) is 0 Å². The van der Waals surface area contributed by atoms with Crippen molar-refractivity contribution in [3.05, 3.63) is 29.3 Å². The molecule has 1 aromatic heterocycles. The second kappa shape index (κ2) is 8.13. The van der Waals surface area contributed by atoms with E-state index in [9.17, 15) is 18.0 Å². The first-order valence-electron chi connectivity index (χ1n) is 8.41. The highest BCUT2D eigenvalue weighted by Gasteiger charge is 2.28. The highest BCUT2D eigenvalue weighted by Crippen LogP contribution is 2.22. The Morgan fingerprint density at radius 2 is 2.12 bits per heavy atom. The highest BCUT2D eigenvalue weighted by molar-refractivity contribution is 7.91. The quantitative estimate of drug-likeness (QED) is 0.711. The van der Waals surface area contributed by atoms with Gasteiger partial charge in [-0.3, -0.25) is 9.59 Å². The van der Waals surface area contributed by atoms with Gasteiger partial charge in [0, 0.05) is 12.5 Å². The second-order valence-electron chi connectivity index (χ2n) is 6.26. The molecule has 3 rings (SSSR count). The Labute approximate surface area is 155 Å². The van der Waals surface area contributed by atoms with E-state index in [1.165, 1.54) is 0 Å². The maximum Gasteiger partial charge on any atom is 0.306 e. The van der Waals surface area contributed by atoms with Crippen molar-refractivity contribution in [1.82, 2.24) is 10.3 Å². The lowest BCUT2D eigenvalue weighted by Gasteiger charge is -2.10. The van der Waals surface area contributed by atoms with Crippen LogP contribution in [0, 0.1) is 0 Å². The third-order valence-electron chi connectivity index (χ3n) is 4.07. The van der Waals surface area contributed by atoms with Crippen LogP contribution in [-0.2, 0) is 30.6 Å². The van der Waals surface area contributed by atoms with E-state index in [4.69, 9.17) is 4.74 Å². The third-order valence-corrected chi connectivity index (χ3v) is 6.94. The number of benzene rings is 1. The minimum absolute atomic E-state index is 0.0468. The summed E-state index contributed by atoms with van der Waals surface area (Å²) in [7, 11) is -3.05. The number of hydrogen-bond donors (Lipinski definition) is 1. The molecule has 7 nitrogen and oxygen atoms in total. The van der Waals surface area contributed by atoms with Crippen molar-refractivity contribution < 1.29 is 22.7 Å². The lowest BCUT2D eigenvalue weighted by Crippen LogP contribution is -2.38. The first kappa shape index (κ1) is 18.8. The van der Waals surface area contributed by atoms with Gasteiger partial charge in [-0.05, 0) is 31.4 Å².